The van der Waals surface area contributed by atoms with Crippen LogP contribution in [0.3, 0.4) is 0 Å². The molecule has 0 N–H and O–H groups in total. The van der Waals surface area contributed by atoms with Crippen LogP contribution in [0.5, 0.6) is 11.5 Å². The maximum absolute atomic E-state index is 13.1. The average Bonchev–Trinajstić information content (AvgIpc) is 3.47. The van der Waals surface area contributed by atoms with Crippen molar-refractivity contribution >= 4 is 23.8 Å². The van der Waals surface area contributed by atoms with Crippen molar-refractivity contribution in [2.75, 3.05) is 38.1 Å². The number of nitrogens with zero attached hydrogens (tertiary/aromatic N) is 1. The van der Waals surface area contributed by atoms with Crippen molar-refractivity contribution in [1.29, 1.82) is 0 Å². The van der Waals surface area contributed by atoms with E-state index in [1.807, 2.05) is 48.5 Å². The van der Waals surface area contributed by atoms with E-state index in [1.165, 1.54) is 16.7 Å². The van der Waals surface area contributed by atoms with Gasteiger partial charge in [-0.1, -0.05) is 44.2 Å². The lowest BCUT2D eigenvalue weighted by Gasteiger charge is -2.43. The van der Waals surface area contributed by atoms with Gasteiger partial charge in [0.2, 0.25) is 18.5 Å². The third-order valence-corrected chi connectivity index (χ3v) is 7.08. The SMILES string of the molecule is CC1(C)COC(CSCC(=O)N2C(=O)OC[C@@H]2c2ccccc2)(c2ccc3c(c2)OCO3)OC1. The van der Waals surface area contributed by atoms with E-state index in [0.29, 0.717) is 30.5 Å². The molecule has 0 spiro atoms. The standard InChI is InChI=1S/C25H27NO7S/c1-24(2)13-32-25(33-14-24,18-8-9-20-21(10-18)31-16-30-20)15-34-12-22(27)26-19(11-29-23(26)28)17-6-4-3-5-7-17/h3-10,19H,11-16H2,1-2H3/t19-/m1/s1. The molecule has 0 aromatic heterocycles. The molecule has 3 heterocycles. The second-order valence-electron chi connectivity index (χ2n) is 9.32. The molecule has 3 aliphatic heterocycles. The second-order valence-corrected chi connectivity index (χ2v) is 10.3. The highest BCUT2D eigenvalue weighted by Crippen LogP contribution is 2.43. The lowest BCUT2D eigenvalue weighted by molar-refractivity contribution is -0.295. The van der Waals surface area contributed by atoms with Crippen LogP contribution in [0.4, 0.5) is 4.79 Å². The Bertz CT molecular complexity index is 1060. The minimum atomic E-state index is -1.04. The Hall–Kier alpha value is -2.75. The van der Waals surface area contributed by atoms with Crippen LogP contribution in [-0.4, -0.2) is 55.0 Å². The van der Waals surface area contributed by atoms with Gasteiger partial charge in [0.05, 0.1) is 24.7 Å². The van der Waals surface area contributed by atoms with Crippen LogP contribution in [0, 0.1) is 5.41 Å². The van der Waals surface area contributed by atoms with E-state index < -0.39 is 17.9 Å². The Morgan fingerprint density at radius 3 is 2.53 bits per heavy atom. The van der Waals surface area contributed by atoms with Crippen LogP contribution in [0.2, 0.25) is 0 Å². The smallest absolute Gasteiger partial charge is 0.417 e. The molecule has 0 bridgehead atoms. The van der Waals surface area contributed by atoms with Crippen LogP contribution < -0.4 is 9.47 Å². The van der Waals surface area contributed by atoms with Gasteiger partial charge in [-0.2, -0.15) is 0 Å². The molecule has 180 valence electrons. The summed E-state index contributed by atoms with van der Waals surface area (Å²) in [5.41, 5.74) is 1.54. The first kappa shape index (κ1) is 23.0. The second kappa shape index (κ2) is 9.13. The van der Waals surface area contributed by atoms with Gasteiger partial charge in [0.15, 0.2) is 11.5 Å². The number of hydrogen-bond acceptors (Lipinski definition) is 8. The molecular weight excluding hydrogens is 458 g/mol. The molecule has 0 radical (unpaired) electrons. The molecule has 1 atom stereocenters. The highest BCUT2D eigenvalue weighted by molar-refractivity contribution is 8.00. The van der Waals surface area contributed by atoms with E-state index in [1.54, 1.807) is 0 Å². The van der Waals surface area contributed by atoms with E-state index in [0.717, 1.165) is 11.1 Å². The van der Waals surface area contributed by atoms with Crippen molar-refractivity contribution in [3.8, 4) is 11.5 Å². The number of carbonyl (C=O) groups is 2. The monoisotopic (exact) mass is 485 g/mol. The normalized spacial score (nSPS) is 22.5. The topological polar surface area (TPSA) is 83.5 Å². The fourth-order valence-corrected chi connectivity index (χ4v) is 5.15. The number of rotatable bonds is 6. The molecule has 2 aromatic rings. The van der Waals surface area contributed by atoms with Crippen molar-refractivity contribution in [2.24, 2.45) is 5.41 Å². The maximum Gasteiger partial charge on any atom is 0.417 e. The van der Waals surface area contributed by atoms with E-state index in [2.05, 4.69) is 13.8 Å². The number of imide groups is 1. The van der Waals surface area contributed by atoms with E-state index in [9.17, 15) is 9.59 Å². The van der Waals surface area contributed by atoms with Gasteiger partial charge in [-0.3, -0.25) is 4.79 Å². The lowest BCUT2D eigenvalue weighted by Crippen LogP contribution is -2.47. The summed E-state index contributed by atoms with van der Waals surface area (Å²) in [4.78, 5) is 26.6. The first-order chi connectivity index (χ1) is 16.4. The fraction of sp³-hybridized carbons (Fsp3) is 0.440. The zero-order valence-electron chi connectivity index (χ0n) is 19.2. The van der Waals surface area contributed by atoms with Gasteiger partial charge in [-0.25, -0.2) is 9.69 Å². The van der Waals surface area contributed by atoms with Gasteiger partial charge >= 0.3 is 6.09 Å². The van der Waals surface area contributed by atoms with Crippen molar-refractivity contribution in [3.05, 3.63) is 59.7 Å². The van der Waals surface area contributed by atoms with Crippen LogP contribution in [0.25, 0.3) is 0 Å². The summed E-state index contributed by atoms with van der Waals surface area (Å²) in [5.74, 6) is 0.427. The minimum Gasteiger partial charge on any atom is -0.454 e. The zero-order valence-corrected chi connectivity index (χ0v) is 20.0. The average molecular weight is 486 g/mol. The maximum atomic E-state index is 13.1. The number of benzene rings is 2. The Balaban J connectivity index is 1.30. The molecule has 3 aliphatic rings. The number of cyclic esters (lactones) is 1. The number of fused-ring (bicyclic) bond motifs is 1. The summed E-state index contributed by atoms with van der Waals surface area (Å²) < 4.78 is 28.7. The third-order valence-electron chi connectivity index (χ3n) is 6.05. The van der Waals surface area contributed by atoms with Crippen LogP contribution >= 0.6 is 11.8 Å². The first-order valence-electron chi connectivity index (χ1n) is 11.2. The molecule has 34 heavy (non-hydrogen) atoms. The van der Waals surface area contributed by atoms with Gasteiger partial charge in [0.1, 0.15) is 12.6 Å². The predicted octanol–water partition coefficient (Wildman–Crippen LogP) is 4.09. The molecule has 2 fully saturated rings. The third kappa shape index (κ3) is 4.47. The molecule has 8 nitrogen and oxygen atoms in total. The first-order valence-corrected chi connectivity index (χ1v) is 12.3. The van der Waals surface area contributed by atoms with Crippen LogP contribution in [-0.2, 0) is 24.8 Å². The summed E-state index contributed by atoms with van der Waals surface area (Å²) >= 11 is 1.36. The van der Waals surface area contributed by atoms with Crippen LogP contribution in [0.1, 0.15) is 31.0 Å². The number of ether oxygens (including phenoxy) is 5. The number of hydrogen-bond donors (Lipinski definition) is 0. The minimum absolute atomic E-state index is 0.0842. The molecular formula is C25H27NO7S. The number of thioether (sulfide) groups is 1. The van der Waals surface area contributed by atoms with Gasteiger partial charge in [0, 0.05) is 11.0 Å². The molecule has 2 saturated heterocycles. The van der Waals surface area contributed by atoms with Gasteiger partial charge in [-0.15, -0.1) is 11.8 Å². The van der Waals surface area contributed by atoms with Gasteiger partial charge < -0.3 is 23.7 Å². The van der Waals surface area contributed by atoms with Crippen molar-refractivity contribution < 1.29 is 33.3 Å². The summed E-state index contributed by atoms with van der Waals surface area (Å²) in [6.45, 7) is 5.50. The lowest BCUT2D eigenvalue weighted by atomic mass is 9.93. The van der Waals surface area contributed by atoms with Crippen molar-refractivity contribution in [1.82, 2.24) is 4.90 Å². The Morgan fingerprint density at radius 2 is 1.76 bits per heavy atom. The molecule has 5 rings (SSSR count). The van der Waals surface area contributed by atoms with Crippen molar-refractivity contribution in [3.63, 3.8) is 0 Å². The quantitative estimate of drug-likeness (QED) is 0.605. The molecule has 0 aliphatic carbocycles. The number of carbonyl (C=O) groups excluding carboxylic acids is 2. The molecule has 9 heteroatoms. The van der Waals surface area contributed by atoms with E-state index >= 15 is 0 Å². The highest BCUT2D eigenvalue weighted by atomic mass is 32.2. The van der Waals surface area contributed by atoms with E-state index in [-0.39, 0.29) is 30.5 Å². The summed E-state index contributed by atoms with van der Waals surface area (Å²) in [5, 5.41) is 0. The highest BCUT2D eigenvalue weighted by Gasteiger charge is 2.44. The number of amides is 2. The van der Waals surface area contributed by atoms with Gasteiger partial charge in [-0.05, 0) is 23.8 Å². The summed E-state index contributed by atoms with van der Waals surface area (Å²) in [7, 11) is 0. The zero-order chi connectivity index (χ0) is 23.8. The van der Waals surface area contributed by atoms with Crippen molar-refractivity contribution in [2.45, 2.75) is 25.7 Å². The predicted molar refractivity (Wildman–Crippen MR) is 125 cm³/mol. The molecule has 0 saturated carbocycles. The largest absolute Gasteiger partial charge is 0.454 e. The Kier molecular flexibility index (Phi) is 6.18. The fourth-order valence-electron chi connectivity index (χ4n) is 4.13. The summed E-state index contributed by atoms with van der Waals surface area (Å²) in [6.07, 6.45) is -0.614. The molecule has 0 unspecified atom stereocenters. The van der Waals surface area contributed by atoms with E-state index in [4.69, 9.17) is 23.7 Å². The molecule has 2 aromatic carbocycles. The summed E-state index contributed by atoms with van der Waals surface area (Å²) in [6, 6.07) is 14.6. The molecule has 2 amide bonds. The Labute approximate surface area is 202 Å². The van der Waals surface area contributed by atoms with Gasteiger partial charge in [0.25, 0.3) is 0 Å². The van der Waals surface area contributed by atoms with Crippen LogP contribution in [0.15, 0.2) is 48.5 Å². The Morgan fingerprint density at radius 1 is 1.03 bits per heavy atom.